The predicted octanol–water partition coefficient (Wildman–Crippen LogP) is 4.55. The van der Waals surface area contributed by atoms with Crippen molar-refractivity contribution in [2.45, 2.75) is 32.4 Å². The molecule has 5 nitrogen and oxygen atoms in total. The van der Waals surface area contributed by atoms with Gasteiger partial charge in [0.15, 0.2) is 0 Å². The Kier molecular flexibility index (Phi) is 6.21. The second-order valence-electron chi connectivity index (χ2n) is 7.29. The summed E-state index contributed by atoms with van der Waals surface area (Å²) in [6, 6.07) is 9.10. The van der Waals surface area contributed by atoms with Crippen LogP contribution in [-0.4, -0.2) is 26.7 Å². The number of benzene rings is 2. The fourth-order valence-electron chi connectivity index (χ4n) is 2.74. The van der Waals surface area contributed by atoms with Gasteiger partial charge in [-0.25, -0.2) is 9.37 Å². The number of nitrogens with zero attached hydrogens (tertiary/aromatic N) is 1. The Morgan fingerprint density at radius 1 is 1.28 bits per heavy atom. The molecule has 0 spiro atoms. The normalized spacial score (nSPS) is 11.5. The molecular weight excluding hydrogens is 415 g/mol. The lowest BCUT2D eigenvalue weighted by molar-refractivity contribution is 0.0801. The van der Waals surface area contributed by atoms with Crippen LogP contribution >= 0.6 is 22.9 Å². The number of thiazole rings is 1. The Morgan fingerprint density at radius 3 is 2.62 bits per heavy atom. The molecule has 3 rings (SSSR count). The molecule has 0 saturated carbocycles. The van der Waals surface area contributed by atoms with Crippen LogP contribution in [0.5, 0.6) is 5.75 Å². The van der Waals surface area contributed by atoms with Gasteiger partial charge in [-0.2, -0.15) is 0 Å². The molecule has 0 atom stereocenters. The van der Waals surface area contributed by atoms with E-state index in [4.69, 9.17) is 11.6 Å². The molecule has 152 valence electrons. The first-order chi connectivity index (χ1) is 13.6. The first-order valence-electron chi connectivity index (χ1n) is 8.85. The van der Waals surface area contributed by atoms with Gasteiger partial charge in [0.1, 0.15) is 16.6 Å². The largest absolute Gasteiger partial charge is 0.507 e. The van der Waals surface area contributed by atoms with Crippen molar-refractivity contribution in [2.75, 3.05) is 0 Å². The van der Waals surface area contributed by atoms with Crippen molar-refractivity contribution in [1.82, 2.24) is 10.3 Å². The summed E-state index contributed by atoms with van der Waals surface area (Å²) < 4.78 is 14.6. The molecule has 0 fully saturated rings. The first-order valence-corrected chi connectivity index (χ1v) is 10.1. The number of carbonyl (C=O) groups is 1. The number of carbonyl (C=O) groups excluding carboxylic acids is 1. The molecule has 0 unspecified atom stereocenters. The predicted molar refractivity (Wildman–Crippen MR) is 112 cm³/mol. The Hall–Kier alpha value is -2.48. The number of aliphatic hydroxyl groups is 1. The van der Waals surface area contributed by atoms with E-state index in [2.05, 4.69) is 10.3 Å². The van der Waals surface area contributed by atoms with Gasteiger partial charge in [0, 0.05) is 23.4 Å². The molecule has 1 amide bonds. The van der Waals surface area contributed by atoms with Crippen LogP contribution in [0.3, 0.4) is 0 Å². The average molecular weight is 435 g/mol. The number of aromatic nitrogens is 1. The van der Waals surface area contributed by atoms with Crippen LogP contribution in [0.25, 0.3) is 10.6 Å². The van der Waals surface area contributed by atoms with Gasteiger partial charge < -0.3 is 15.5 Å². The summed E-state index contributed by atoms with van der Waals surface area (Å²) in [5, 5.41) is 25.6. The molecule has 1 heterocycles. The molecule has 0 aliphatic rings. The zero-order chi connectivity index (χ0) is 21.2. The van der Waals surface area contributed by atoms with Gasteiger partial charge in [0.2, 0.25) is 0 Å². The van der Waals surface area contributed by atoms with E-state index in [-0.39, 0.29) is 23.4 Å². The summed E-state index contributed by atoms with van der Waals surface area (Å²) in [6.45, 7) is 3.53. The molecule has 0 bridgehead atoms. The molecule has 0 saturated heterocycles. The second-order valence-corrected chi connectivity index (χ2v) is 8.59. The molecule has 3 aromatic rings. The molecule has 3 N–H and O–H groups in total. The van der Waals surface area contributed by atoms with E-state index in [9.17, 15) is 19.4 Å². The van der Waals surface area contributed by atoms with E-state index in [1.807, 2.05) is 0 Å². The first kappa shape index (κ1) is 21.2. The van der Waals surface area contributed by atoms with Crippen molar-refractivity contribution in [1.29, 1.82) is 0 Å². The van der Waals surface area contributed by atoms with E-state index < -0.39 is 17.3 Å². The van der Waals surface area contributed by atoms with Crippen molar-refractivity contribution < 1.29 is 19.4 Å². The summed E-state index contributed by atoms with van der Waals surface area (Å²) in [7, 11) is 0. The summed E-state index contributed by atoms with van der Waals surface area (Å²) in [5.41, 5.74) is 0.468. The van der Waals surface area contributed by atoms with Crippen molar-refractivity contribution in [3.8, 4) is 16.3 Å². The minimum absolute atomic E-state index is 0.198. The van der Waals surface area contributed by atoms with Crippen LogP contribution in [0.15, 0.2) is 41.8 Å². The third-order valence-corrected chi connectivity index (χ3v) is 5.27. The van der Waals surface area contributed by atoms with Crippen molar-refractivity contribution in [3.05, 3.63) is 69.4 Å². The topological polar surface area (TPSA) is 82.5 Å². The Balaban J connectivity index is 1.76. The van der Waals surface area contributed by atoms with Crippen LogP contribution in [0.4, 0.5) is 4.39 Å². The van der Waals surface area contributed by atoms with Crippen LogP contribution in [0.2, 0.25) is 5.02 Å². The monoisotopic (exact) mass is 434 g/mol. The van der Waals surface area contributed by atoms with Crippen molar-refractivity contribution in [3.63, 3.8) is 0 Å². The van der Waals surface area contributed by atoms with Crippen LogP contribution < -0.4 is 5.32 Å². The highest BCUT2D eigenvalue weighted by molar-refractivity contribution is 7.13. The zero-order valence-corrected chi connectivity index (χ0v) is 17.4. The maximum atomic E-state index is 14.6. The standard InChI is InChI=1S/C21H20ClFN2O3S/c1-21(2,28)9-14-11-29-20(25-14)16-7-17(23)15(8-18(16)26)19(27)24-10-12-3-5-13(22)6-4-12/h3-8,11,26,28H,9-10H2,1-2H3,(H,24,27). The summed E-state index contributed by atoms with van der Waals surface area (Å²) in [5.74, 6) is -1.64. The van der Waals surface area contributed by atoms with E-state index in [1.54, 1.807) is 43.5 Å². The SMILES string of the molecule is CC(C)(O)Cc1csc(-c2cc(F)c(C(=O)NCc3ccc(Cl)cc3)cc2O)n1. The Morgan fingerprint density at radius 2 is 1.97 bits per heavy atom. The van der Waals surface area contributed by atoms with E-state index in [0.29, 0.717) is 22.1 Å². The number of nitrogens with one attached hydrogen (secondary N) is 1. The quantitative estimate of drug-likeness (QED) is 0.531. The smallest absolute Gasteiger partial charge is 0.254 e. The minimum atomic E-state index is -0.926. The Labute approximate surface area is 176 Å². The van der Waals surface area contributed by atoms with Gasteiger partial charge >= 0.3 is 0 Å². The number of aromatic hydroxyl groups is 1. The fraction of sp³-hybridized carbons (Fsp3) is 0.238. The summed E-state index contributed by atoms with van der Waals surface area (Å²) >= 11 is 7.05. The number of phenols is 1. The fourth-order valence-corrected chi connectivity index (χ4v) is 3.71. The van der Waals surface area contributed by atoms with Crippen molar-refractivity contribution >= 4 is 28.8 Å². The molecule has 0 aliphatic carbocycles. The summed E-state index contributed by atoms with van der Waals surface area (Å²) in [6.07, 6.45) is 0.331. The maximum absolute atomic E-state index is 14.6. The lowest BCUT2D eigenvalue weighted by atomic mass is 10.0. The van der Waals surface area contributed by atoms with Gasteiger partial charge in [0.05, 0.1) is 22.4 Å². The van der Waals surface area contributed by atoms with Gasteiger partial charge in [0.25, 0.3) is 5.91 Å². The number of hydrogen-bond acceptors (Lipinski definition) is 5. The van der Waals surface area contributed by atoms with E-state index >= 15 is 0 Å². The van der Waals surface area contributed by atoms with Gasteiger partial charge in [-0.05, 0) is 43.7 Å². The number of phenolic OH excluding ortho intramolecular Hbond substituents is 1. The molecular formula is C21H20ClFN2O3S. The van der Waals surface area contributed by atoms with Crippen molar-refractivity contribution in [2.24, 2.45) is 0 Å². The van der Waals surface area contributed by atoms with Crippen LogP contribution in [0, 0.1) is 5.82 Å². The third-order valence-electron chi connectivity index (χ3n) is 4.09. The number of rotatable bonds is 6. The number of halogens is 2. The maximum Gasteiger partial charge on any atom is 0.254 e. The number of hydrogen-bond donors (Lipinski definition) is 3. The zero-order valence-electron chi connectivity index (χ0n) is 15.9. The van der Waals surface area contributed by atoms with Crippen LogP contribution in [-0.2, 0) is 13.0 Å². The molecule has 1 aromatic heterocycles. The highest BCUT2D eigenvalue weighted by Crippen LogP contribution is 2.34. The average Bonchev–Trinajstić information content (AvgIpc) is 3.08. The molecule has 8 heteroatoms. The second kappa shape index (κ2) is 8.49. The highest BCUT2D eigenvalue weighted by Gasteiger charge is 2.20. The lowest BCUT2D eigenvalue weighted by Gasteiger charge is -2.14. The molecule has 29 heavy (non-hydrogen) atoms. The minimum Gasteiger partial charge on any atom is -0.507 e. The Bertz CT molecular complexity index is 1030. The summed E-state index contributed by atoms with van der Waals surface area (Å²) in [4.78, 5) is 16.7. The third kappa shape index (κ3) is 5.53. The van der Waals surface area contributed by atoms with Gasteiger partial charge in [-0.15, -0.1) is 11.3 Å². The molecule has 0 aliphatic heterocycles. The van der Waals surface area contributed by atoms with Crippen LogP contribution in [0.1, 0.15) is 35.5 Å². The van der Waals surface area contributed by atoms with Gasteiger partial charge in [-0.3, -0.25) is 4.79 Å². The molecule has 0 radical (unpaired) electrons. The molecule has 2 aromatic carbocycles. The highest BCUT2D eigenvalue weighted by atomic mass is 35.5. The van der Waals surface area contributed by atoms with Gasteiger partial charge in [-0.1, -0.05) is 23.7 Å². The number of amides is 1. The van der Waals surface area contributed by atoms with E-state index in [0.717, 1.165) is 17.7 Å². The lowest BCUT2D eigenvalue weighted by Crippen LogP contribution is -2.23. The van der Waals surface area contributed by atoms with E-state index in [1.165, 1.54) is 11.3 Å².